The van der Waals surface area contributed by atoms with Gasteiger partial charge in [0.05, 0.1) is 6.33 Å². The number of imidazole rings is 1. The monoisotopic (exact) mass is 241 g/mol. The Morgan fingerprint density at radius 2 is 2.00 bits per heavy atom. The number of hydrogen-bond donors (Lipinski definition) is 2. The van der Waals surface area contributed by atoms with Crippen LogP contribution >= 0.6 is 36.4 Å². The van der Waals surface area contributed by atoms with Gasteiger partial charge in [0.25, 0.3) is 0 Å². The molecule has 0 unspecified atom stereocenters. The van der Waals surface area contributed by atoms with Crippen LogP contribution in [-0.2, 0) is 0 Å². The summed E-state index contributed by atoms with van der Waals surface area (Å²) < 4.78 is 0. The van der Waals surface area contributed by atoms with Gasteiger partial charge in [-0.3, -0.25) is 0 Å². The topological polar surface area (TPSA) is 80.5 Å². The Balaban J connectivity index is 0.000000720. The first-order valence-corrected chi connectivity index (χ1v) is 3.27. The lowest BCUT2D eigenvalue weighted by Crippen LogP contribution is -1.93. The lowest BCUT2D eigenvalue weighted by molar-refractivity contribution is 1.21. The highest BCUT2D eigenvalue weighted by Gasteiger charge is 2.04. The molecule has 0 aromatic carbocycles. The summed E-state index contributed by atoms with van der Waals surface area (Å²) in [6.07, 6.45) is 1.49. The molecule has 0 radical (unpaired) electrons. The van der Waals surface area contributed by atoms with E-state index in [1.807, 2.05) is 0 Å². The Kier molecular flexibility index (Phi) is 4.19. The molecule has 3 N–H and O–H groups in total. The van der Waals surface area contributed by atoms with Crippen molar-refractivity contribution in [3.05, 3.63) is 11.6 Å². The van der Waals surface area contributed by atoms with Crippen LogP contribution in [0.3, 0.4) is 0 Å². The first-order valence-electron chi connectivity index (χ1n) is 2.89. The van der Waals surface area contributed by atoms with E-state index in [1.165, 1.54) is 6.33 Å². The number of anilines is 1. The van der Waals surface area contributed by atoms with E-state index in [2.05, 4.69) is 19.9 Å². The molecule has 2 aromatic rings. The van der Waals surface area contributed by atoms with Crippen molar-refractivity contribution >= 4 is 53.4 Å². The van der Waals surface area contributed by atoms with Crippen LogP contribution in [0.4, 0.5) is 5.82 Å². The molecule has 0 spiro atoms. The zero-order valence-electron chi connectivity index (χ0n) is 6.19. The zero-order valence-corrected chi connectivity index (χ0v) is 8.58. The van der Waals surface area contributed by atoms with E-state index in [0.717, 1.165) is 0 Å². The number of halogens is 3. The summed E-state index contributed by atoms with van der Waals surface area (Å²) in [4.78, 5) is 14.2. The fourth-order valence-electron chi connectivity index (χ4n) is 0.830. The van der Waals surface area contributed by atoms with Gasteiger partial charge < -0.3 is 10.7 Å². The van der Waals surface area contributed by atoms with Crippen molar-refractivity contribution in [2.75, 3.05) is 5.73 Å². The van der Waals surface area contributed by atoms with Gasteiger partial charge in [0, 0.05) is 0 Å². The van der Waals surface area contributed by atoms with E-state index in [0.29, 0.717) is 17.0 Å². The number of nitrogen functional groups attached to an aromatic ring is 1. The molecule has 0 aliphatic rings. The van der Waals surface area contributed by atoms with Crippen LogP contribution in [0.25, 0.3) is 11.2 Å². The Morgan fingerprint density at radius 1 is 1.31 bits per heavy atom. The predicted octanol–water partition coefficient (Wildman–Crippen LogP) is 1.43. The number of nitrogens with one attached hydrogen (secondary N) is 1. The summed E-state index contributed by atoms with van der Waals surface area (Å²) in [5, 5.41) is 0.124. The molecule has 0 bridgehead atoms. The average Bonchev–Trinajstić information content (AvgIpc) is 2.34. The minimum Gasteiger partial charge on any atom is -0.382 e. The van der Waals surface area contributed by atoms with Crippen molar-refractivity contribution < 1.29 is 0 Å². The first-order chi connectivity index (χ1) is 5.27. The summed E-state index contributed by atoms with van der Waals surface area (Å²) >= 11 is 5.53. The Hall–Kier alpha value is -0.780. The molecule has 0 fully saturated rings. The molecule has 0 saturated carbocycles. The second-order valence-corrected chi connectivity index (χ2v) is 2.32. The van der Waals surface area contributed by atoms with Gasteiger partial charge in [0.2, 0.25) is 5.28 Å². The molecule has 2 aromatic heterocycles. The molecule has 2 heterocycles. The van der Waals surface area contributed by atoms with Crippen LogP contribution in [0.15, 0.2) is 6.33 Å². The molecule has 0 aliphatic heterocycles. The van der Waals surface area contributed by atoms with Gasteiger partial charge in [-0.05, 0) is 11.6 Å². The van der Waals surface area contributed by atoms with Crippen LogP contribution in [-0.4, -0.2) is 19.9 Å². The molecule has 0 amide bonds. The third kappa shape index (κ3) is 2.12. The molecular weight excluding hydrogens is 236 g/mol. The number of rotatable bonds is 0. The fourth-order valence-corrected chi connectivity index (χ4v) is 1.01. The second-order valence-electron chi connectivity index (χ2n) is 1.98. The normalized spacial score (nSPS) is 9.00. The third-order valence-electron chi connectivity index (χ3n) is 1.28. The van der Waals surface area contributed by atoms with Gasteiger partial charge in [-0.1, -0.05) is 0 Å². The highest BCUT2D eigenvalue weighted by Crippen LogP contribution is 2.14. The molecule has 0 aliphatic carbocycles. The minimum absolute atomic E-state index is 0. The number of H-pyrrole nitrogens is 1. The van der Waals surface area contributed by atoms with Gasteiger partial charge in [0.1, 0.15) is 5.52 Å². The van der Waals surface area contributed by atoms with Gasteiger partial charge >= 0.3 is 0 Å². The van der Waals surface area contributed by atoms with Gasteiger partial charge in [0.15, 0.2) is 11.5 Å². The van der Waals surface area contributed by atoms with Crippen LogP contribution in [0.2, 0.25) is 5.28 Å². The molecule has 0 saturated heterocycles. The molecule has 8 heteroatoms. The highest BCUT2D eigenvalue weighted by atomic mass is 35.5. The summed E-state index contributed by atoms with van der Waals surface area (Å²) in [5.41, 5.74) is 6.59. The standard InChI is InChI=1S/C5H4ClN5.2ClH/c6-5-10-3(7)2-4(11-5)9-1-8-2;;/h1H,(H3,7,8,9,10,11);2*1H. The van der Waals surface area contributed by atoms with E-state index in [4.69, 9.17) is 17.3 Å². The fraction of sp³-hybridized carbons (Fsp3) is 0. The quantitative estimate of drug-likeness (QED) is 0.685. The van der Waals surface area contributed by atoms with E-state index in [-0.39, 0.29) is 30.1 Å². The van der Waals surface area contributed by atoms with Gasteiger partial charge in [-0.2, -0.15) is 9.97 Å². The van der Waals surface area contributed by atoms with Crippen molar-refractivity contribution in [3.8, 4) is 0 Å². The number of hydrogen-bond acceptors (Lipinski definition) is 4. The maximum absolute atomic E-state index is 5.53. The smallest absolute Gasteiger partial charge is 0.226 e. The maximum Gasteiger partial charge on any atom is 0.226 e. The van der Waals surface area contributed by atoms with Crippen LogP contribution in [0.1, 0.15) is 0 Å². The number of aromatic nitrogens is 4. The summed E-state index contributed by atoms with van der Waals surface area (Å²) in [5.74, 6) is 0.293. The summed E-state index contributed by atoms with van der Waals surface area (Å²) in [6.45, 7) is 0. The highest BCUT2D eigenvalue weighted by molar-refractivity contribution is 6.28. The minimum atomic E-state index is 0. The predicted molar refractivity (Wildman–Crippen MR) is 55.6 cm³/mol. The second kappa shape index (κ2) is 4.45. The molecule has 5 nitrogen and oxygen atoms in total. The number of fused-ring (bicyclic) bond motifs is 1. The SMILES string of the molecule is Cl.Cl.Nc1nc(Cl)nc2[nH]cnc12. The van der Waals surface area contributed by atoms with E-state index >= 15 is 0 Å². The molecule has 0 atom stereocenters. The van der Waals surface area contributed by atoms with E-state index in [9.17, 15) is 0 Å². The number of nitrogens with two attached hydrogens (primary N) is 1. The summed E-state index contributed by atoms with van der Waals surface area (Å²) in [7, 11) is 0. The lowest BCUT2D eigenvalue weighted by Gasteiger charge is -1.92. The molecule has 2 rings (SSSR count). The molecular formula is C5H6Cl3N5. The summed E-state index contributed by atoms with van der Waals surface area (Å²) in [6, 6.07) is 0. The van der Waals surface area contributed by atoms with Crippen molar-refractivity contribution in [1.29, 1.82) is 0 Å². The van der Waals surface area contributed by atoms with E-state index < -0.39 is 0 Å². The average molecular weight is 242 g/mol. The lowest BCUT2D eigenvalue weighted by atomic mass is 10.5. The van der Waals surface area contributed by atoms with Crippen LogP contribution in [0, 0.1) is 0 Å². The zero-order chi connectivity index (χ0) is 7.84. The maximum atomic E-state index is 5.53. The van der Waals surface area contributed by atoms with Gasteiger partial charge in [-0.25, -0.2) is 4.98 Å². The van der Waals surface area contributed by atoms with Crippen molar-refractivity contribution in [1.82, 2.24) is 19.9 Å². The van der Waals surface area contributed by atoms with Crippen molar-refractivity contribution in [3.63, 3.8) is 0 Å². The third-order valence-corrected chi connectivity index (χ3v) is 1.45. The van der Waals surface area contributed by atoms with Gasteiger partial charge in [-0.15, -0.1) is 24.8 Å². The van der Waals surface area contributed by atoms with E-state index in [1.54, 1.807) is 0 Å². The largest absolute Gasteiger partial charge is 0.382 e. The molecule has 72 valence electrons. The Morgan fingerprint density at radius 3 is 2.69 bits per heavy atom. The Bertz CT molecular complexity index is 400. The van der Waals surface area contributed by atoms with Crippen molar-refractivity contribution in [2.45, 2.75) is 0 Å². The van der Waals surface area contributed by atoms with Crippen LogP contribution < -0.4 is 5.73 Å². The number of nitrogens with zero attached hydrogens (tertiary/aromatic N) is 3. The number of aromatic amines is 1. The Labute approximate surface area is 90.9 Å². The van der Waals surface area contributed by atoms with Crippen molar-refractivity contribution in [2.24, 2.45) is 0 Å². The first kappa shape index (κ1) is 12.2. The molecule has 13 heavy (non-hydrogen) atoms. The van der Waals surface area contributed by atoms with Crippen LogP contribution in [0.5, 0.6) is 0 Å².